The van der Waals surface area contributed by atoms with Crippen molar-refractivity contribution < 1.29 is 14.6 Å². The minimum atomic E-state index is -0.0372. The van der Waals surface area contributed by atoms with Crippen LogP contribution in [-0.2, 0) is 9.47 Å². The molecular weight excluding hydrogens is 548 g/mol. The SMILES string of the molecule is C#CCOC1CCCCO1.CCCCCCCCCCCCBr.CCCCCCCCCCCCC#CCO. The average molecular weight is 614 g/mol. The van der Waals surface area contributed by atoms with Crippen molar-refractivity contribution in [2.75, 3.05) is 25.2 Å². The number of aliphatic hydroxyl groups is 1. The molecule has 1 aliphatic heterocycles. The van der Waals surface area contributed by atoms with Crippen LogP contribution in [0.2, 0.25) is 0 Å². The Kier molecular flexibility index (Phi) is 41.3. The van der Waals surface area contributed by atoms with Gasteiger partial charge in [-0.05, 0) is 32.1 Å². The van der Waals surface area contributed by atoms with E-state index in [1.165, 1.54) is 140 Å². The third-order valence-electron chi connectivity index (χ3n) is 6.84. The van der Waals surface area contributed by atoms with Crippen molar-refractivity contribution in [2.24, 2.45) is 0 Å². The molecular formula is C35H65BrO3. The van der Waals surface area contributed by atoms with Gasteiger partial charge in [-0.2, -0.15) is 0 Å². The average Bonchev–Trinajstić information content (AvgIpc) is 2.97. The molecule has 0 aromatic heterocycles. The molecule has 4 heteroatoms. The molecule has 3 nitrogen and oxygen atoms in total. The number of unbranched alkanes of at least 4 members (excludes halogenated alkanes) is 19. The van der Waals surface area contributed by atoms with Crippen LogP contribution in [0, 0.1) is 24.2 Å². The molecule has 39 heavy (non-hydrogen) atoms. The molecule has 0 bridgehead atoms. The van der Waals surface area contributed by atoms with Gasteiger partial charge in [0.1, 0.15) is 13.2 Å². The maximum absolute atomic E-state index is 8.45. The van der Waals surface area contributed by atoms with E-state index < -0.39 is 0 Å². The third kappa shape index (κ3) is 39.7. The summed E-state index contributed by atoms with van der Waals surface area (Å²) in [6.45, 7) is 5.73. The van der Waals surface area contributed by atoms with Crippen LogP contribution in [0.25, 0.3) is 0 Å². The highest BCUT2D eigenvalue weighted by atomic mass is 79.9. The van der Waals surface area contributed by atoms with E-state index in [0.29, 0.717) is 6.61 Å². The first-order valence-corrected chi connectivity index (χ1v) is 17.7. The summed E-state index contributed by atoms with van der Waals surface area (Å²) in [7, 11) is 0. The van der Waals surface area contributed by atoms with Gasteiger partial charge in [-0.15, -0.1) is 12.3 Å². The molecule has 1 atom stereocenters. The van der Waals surface area contributed by atoms with Gasteiger partial charge in [0, 0.05) is 18.4 Å². The minimum Gasteiger partial charge on any atom is -0.384 e. The van der Waals surface area contributed by atoms with Crippen molar-refractivity contribution in [3.63, 3.8) is 0 Å². The van der Waals surface area contributed by atoms with Gasteiger partial charge >= 0.3 is 0 Å². The Balaban J connectivity index is 0. The van der Waals surface area contributed by atoms with E-state index in [4.69, 9.17) is 21.0 Å². The Morgan fingerprint density at radius 3 is 1.62 bits per heavy atom. The maximum atomic E-state index is 8.45. The lowest BCUT2D eigenvalue weighted by atomic mass is 10.1. The fraction of sp³-hybridized carbons (Fsp3) is 0.886. The van der Waals surface area contributed by atoms with Gasteiger partial charge in [0.2, 0.25) is 0 Å². The Bertz CT molecular complexity index is 518. The van der Waals surface area contributed by atoms with Crippen LogP contribution in [0.3, 0.4) is 0 Å². The van der Waals surface area contributed by atoms with E-state index >= 15 is 0 Å². The molecule has 0 aliphatic carbocycles. The lowest BCUT2D eigenvalue weighted by Gasteiger charge is -2.21. The summed E-state index contributed by atoms with van der Waals surface area (Å²) in [5.74, 6) is 8.06. The summed E-state index contributed by atoms with van der Waals surface area (Å²) in [5.41, 5.74) is 0. The topological polar surface area (TPSA) is 38.7 Å². The lowest BCUT2D eigenvalue weighted by molar-refractivity contribution is -0.154. The van der Waals surface area contributed by atoms with Gasteiger partial charge in [-0.3, -0.25) is 0 Å². The fourth-order valence-corrected chi connectivity index (χ4v) is 4.81. The number of terminal acetylenes is 1. The first-order valence-electron chi connectivity index (χ1n) is 16.6. The smallest absolute Gasteiger partial charge is 0.158 e. The van der Waals surface area contributed by atoms with Crippen molar-refractivity contribution in [1.29, 1.82) is 0 Å². The monoisotopic (exact) mass is 612 g/mol. The van der Waals surface area contributed by atoms with E-state index in [0.717, 1.165) is 25.9 Å². The Hall–Kier alpha value is -0.520. The summed E-state index contributed by atoms with van der Waals surface area (Å²) in [6.07, 6.45) is 37.3. The van der Waals surface area contributed by atoms with Gasteiger partial charge in [-0.25, -0.2) is 0 Å². The molecule has 0 spiro atoms. The van der Waals surface area contributed by atoms with Crippen LogP contribution in [0.1, 0.15) is 168 Å². The summed E-state index contributed by atoms with van der Waals surface area (Å²) in [6, 6.07) is 0. The second-order valence-corrected chi connectivity index (χ2v) is 11.4. The highest BCUT2D eigenvalue weighted by Gasteiger charge is 2.12. The number of ether oxygens (including phenoxy) is 2. The molecule has 0 amide bonds. The zero-order valence-electron chi connectivity index (χ0n) is 26.1. The van der Waals surface area contributed by atoms with Crippen molar-refractivity contribution in [2.45, 2.75) is 174 Å². The molecule has 0 aromatic rings. The Morgan fingerprint density at radius 1 is 0.718 bits per heavy atom. The van der Waals surface area contributed by atoms with Crippen LogP contribution in [0.5, 0.6) is 0 Å². The molecule has 230 valence electrons. The van der Waals surface area contributed by atoms with Crippen molar-refractivity contribution in [3.05, 3.63) is 0 Å². The first kappa shape index (κ1) is 40.6. The molecule has 0 radical (unpaired) electrons. The molecule has 1 unspecified atom stereocenters. The van der Waals surface area contributed by atoms with Gasteiger partial charge in [-0.1, -0.05) is 157 Å². The Morgan fingerprint density at radius 2 is 1.21 bits per heavy atom. The van der Waals surface area contributed by atoms with Crippen LogP contribution in [0.15, 0.2) is 0 Å². The van der Waals surface area contributed by atoms with E-state index in [1.54, 1.807) is 0 Å². The summed E-state index contributed by atoms with van der Waals surface area (Å²) < 4.78 is 10.4. The number of hydrogen-bond acceptors (Lipinski definition) is 3. The van der Waals surface area contributed by atoms with E-state index in [2.05, 4.69) is 47.5 Å². The molecule has 1 aliphatic rings. The quantitative estimate of drug-likeness (QED) is 0.0750. The normalized spacial score (nSPS) is 14.2. The molecule has 1 rings (SSSR count). The summed E-state index contributed by atoms with van der Waals surface area (Å²) in [4.78, 5) is 0. The van der Waals surface area contributed by atoms with Crippen LogP contribution in [-0.4, -0.2) is 36.5 Å². The largest absolute Gasteiger partial charge is 0.384 e. The molecule has 0 saturated carbocycles. The van der Waals surface area contributed by atoms with E-state index in [9.17, 15) is 0 Å². The van der Waals surface area contributed by atoms with Crippen LogP contribution in [0.4, 0.5) is 0 Å². The van der Waals surface area contributed by atoms with Crippen molar-refractivity contribution in [3.8, 4) is 24.2 Å². The molecule has 1 fully saturated rings. The van der Waals surface area contributed by atoms with Crippen molar-refractivity contribution in [1.82, 2.24) is 0 Å². The second kappa shape index (κ2) is 39.6. The van der Waals surface area contributed by atoms with E-state index in [-0.39, 0.29) is 12.9 Å². The predicted molar refractivity (Wildman–Crippen MR) is 175 cm³/mol. The molecule has 1 heterocycles. The fourth-order valence-electron chi connectivity index (χ4n) is 4.41. The molecule has 1 saturated heterocycles. The maximum Gasteiger partial charge on any atom is 0.158 e. The van der Waals surface area contributed by atoms with Crippen LogP contribution < -0.4 is 0 Å². The number of aliphatic hydroxyl groups excluding tert-OH is 1. The van der Waals surface area contributed by atoms with Gasteiger partial charge in [0.25, 0.3) is 0 Å². The summed E-state index contributed by atoms with van der Waals surface area (Å²) >= 11 is 3.46. The highest BCUT2D eigenvalue weighted by Crippen LogP contribution is 2.13. The van der Waals surface area contributed by atoms with Crippen molar-refractivity contribution >= 4 is 15.9 Å². The number of alkyl halides is 1. The lowest BCUT2D eigenvalue weighted by Crippen LogP contribution is -2.22. The van der Waals surface area contributed by atoms with E-state index in [1.807, 2.05) is 0 Å². The van der Waals surface area contributed by atoms with Gasteiger partial charge < -0.3 is 14.6 Å². The zero-order valence-corrected chi connectivity index (χ0v) is 27.7. The first-order chi connectivity index (χ1) is 19.3. The number of hydrogen-bond donors (Lipinski definition) is 1. The summed E-state index contributed by atoms with van der Waals surface area (Å²) in [5, 5.41) is 9.64. The van der Waals surface area contributed by atoms with Gasteiger partial charge in [0.05, 0.1) is 0 Å². The third-order valence-corrected chi connectivity index (χ3v) is 7.40. The van der Waals surface area contributed by atoms with Crippen LogP contribution >= 0.6 is 15.9 Å². The van der Waals surface area contributed by atoms with Gasteiger partial charge in [0.15, 0.2) is 6.29 Å². The standard InChI is InChI=1S/C15H28O.C12H25Br.C8H12O2/c1-2-3-4-5-6-7-8-9-10-11-12-13-14-15-16;1-2-3-4-5-6-7-8-9-10-11-12-13;1-2-6-9-8-5-3-4-7-10-8/h16H,2-12,15H2,1H3;2-12H2,1H3;1,8H,3-7H2. The number of halogens is 1. The second-order valence-electron chi connectivity index (χ2n) is 10.6. The Labute approximate surface area is 253 Å². The number of rotatable bonds is 22. The highest BCUT2D eigenvalue weighted by molar-refractivity contribution is 9.09. The molecule has 1 N–H and O–H groups in total. The molecule has 0 aromatic carbocycles. The predicted octanol–water partition coefficient (Wildman–Crippen LogP) is 10.8. The zero-order chi connectivity index (χ0) is 28.9. The minimum absolute atomic E-state index is 0.0117.